The normalized spacial score (nSPS) is 11.6. The molecule has 2 aromatic rings. The van der Waals surface area contributed by atoms with Gasteiger partial charge in [0.2, 0.25) is 0 Å². The van der Waals surface area contributed by atoms with E-state index >= 15 is 0 Å². The molecule has 2 N–H and O–H groups in total. The second kappa shape index (κ2) is 9.22. The molecule has 0 atom stereocenters. The summed E-state index contributed by atoms with van der Waals surface area (Å²) in [5.41, 5.74) is 0.513. The van der Waals surface area contributed by atoms with Crippen LogP contribution in [-0.2, 0) is 19.4 Å². The summed E-state index contributed by atoms with van der Waals surface area (Å²) in [6.45, 7) is 4.01. The molecule has 0 unspecified atom stereocenters. The molecule has 0 aliphatic carbocycles. The van der Waals surface area contributed by atoms with E-state index in [4.69, 9.17) is 11.6 Å². The lowest BCUT2D eigenvalue weighted by Crippen LogP contribution is -2.39. The summed E-state index contributed by atoms with van der Waals surface area (Å²) >= 11 is 6.02. The molecular weight excluding hydrogens is 331 g/mol. The first-order chi connectivity index (χ1) is 11.7. The first kappa shape index (κ1) is 18.2. The van der Waals surface area contributed by atoms with E-state index in [1.807, 2.05) is 11.5 Å². The summed E-state index contributed by atoms with van der Waals surface area (Å²) in [7, 11) is 1.70. The van der Waals surface area contributed by atoms with Gasteiger partial charge in [-0.1, -0.05) is 24.6 Å². The van der Waals surface area contributed by atoms with Crippen molar-refractivity contribution in [1.82, 2.24) is 25.4 Å². The van der Waals surface area contributed by atoms with E-state index in [0.29, 0.717) is 36.1 Å². The summed E-state index contributed by atoms with van der Waals surface area (Å²) in [5.74, 6) is 1.33. The quantitative estimate of drug-likeness (QED) is 0.591. The number of nitrogens with one attached hydrogen (secondary N) is 2. The van der Waals surface area contributed by atoms with Gasteiger partial charge >= 0.3 is 0 Å². The molecule has 130 valence electrons. The number of hydrogen-bond acceptors (Lipinski definition) is 3. The van der Waals surface area contributed by atoms with Crippen LogP contribution in [0.1, 0.15) is 18.3 Å². The zero-order valence-corrected chi connectivity index (χ0v) is 14.6. The third kappa shape index (κ3) is 4.92. The van der Waals surface area contributed by atoms with Gasteiger partial charge in [0.1, 0.15) is 18.0 Å². The molecule has 24 heavy (non-hydrogen) atoms. The van der Waals surface area contributed by atoms with E-state index in [9.17, 15) is 4.39 Å². The Bertz CT molecular complexity index is 665. The standard InChI is InChI=1S/C16H22ClFN6/c1-3-15-23-22-11-24(15)10-9-21-16(19-2)20-8-7-12-13(17)5-4-6-14(12)18/h4-6,11H,3,7-10H2,1-2H3,(H2,19,20,21). The van der Waals surface area contributed by atoms with Gasteiger partial charge in [-0.3, -0.25) is 4.99 Å². The van der Waals surface area contributed by atoms with E-state index < -0.39 is 0 Å². The van der Waals surface area contributed by atoms with Crippen LogP contribution in [0.3, 0.4) is 0 Å². The maximum absolute atomic E-state index is 13.7. The molecule has 6 nitrogen and oxygen atoms in total. The lowest BCUT2D eigenvalue weighted by molar-refractivity contribution is 0.605. The molecule has 8 heteroatoms. The van der Waals surface area contributed by atoms with Crippen LogP contribution in [0.15, 0.2) is 29.5 Å². The maximum Gasteiger partial charge on any atom is 0.191 e. The highest BCUT2D eigenvalue weighted by Crippen LogP contribution is 2.18. The van der Waals surface area contributed by atoms with Crippen LogP contribution in [0, 0.1) is 5.82 Å². The monoisotopic (exact) mass is 352 g/mol. The Morgan fingerprint density at radius 1 is 1.33 bits per heavy atom. The first-order valence-corrected chi connectivity index (χ1v) is 8.27. The first-order valence-electron chi connectivity index (χ1n) is 7.89. The number of aromatic nitrogens is 3. The summed E-state index contributed by atoms with van der Waals surface area (Å²) < 4.78 is 15.7. The molecule has 1 heterocycles. The topological polar surface area (TPSA) is 67.1 Å². The van der Waals surface area contributed by atoms with Crippen molar-refractivity contribution in [2.75, 3.05) is 20.1 Å². The molecule has 0 radical (unpaired) electrons. The van der Waals surface area contributed by atoms with Crippen LogP contribution < -0.4 is 10.6 Å². The molecular formula is C16H22ClFN6. The van der Waals surface area contributed by atoms with Crippen molar-refractivity contribution in [2.45, 2.75) is 26.3 Å². The Labute approximate surface area is 146 Å². The number of halogens is 2. The third-order valence-corrected chi connectivity index (χ3v) is 3.96. The number of aliphatic imine (C=N–C) groups is 1. The third-order valence-electron chi connectivity index (χ3n) is 3.61. The lowest BCUT2D eigenvalue weighted by atomic mass is 10.1. The van der Waals surface area contributed by atoms with Crippen molar-refractivity contribution in [3.05, 3.63) is 46.8 Å². The molecule has 0 bridgehead atoms. The van der Waals surface area contributed by atoms with Gasteiger partial charge in [0.05, 0.1) is 0 Å². The van der Waals surface area contributed by atoms with E-state index in [2.05, 4.69) is 25.8 Å². The van der Waals surface area contributed by atoms with Crippen molar-refractivity contribution < 1.29 is 4.39 Å². The van der Waals surface area contributed by atoms with Gasteiger partial charge in [0.25, 0.3) is 0 Å². The summed E-state index contributed by atoms with van der Waals surface area (Å²) in [5, 5.41) is 14.8. The Balaban J connectivity index is 1.77. The van der Waals surface area contributed by atoms with Crippen LogP contribution in [0.5, 0.6) is 0 Å². The van der Waals surface area contributed by atoms with Crippen molar-refractivity contribution in [3.63, 3.8) is 0 Å². The van der Waals surface area contributed by atoms with Crippen molar-refractivity contribution in [1.29, 1.82) is 0 Å². The summed E-state index contributed by atoms with van der Waals surface area (Å²) in [4.78, 5) is 4.15. The molecule has 0 fully saturated rings. The van der Waals surface area contributed by atoms with E-state index in [1.54, 1.807) is 25.5 Å². The largest absolute Gasteiger partial charge is 0.356 e. The van der Waals surface area contributed by atoms with Gasteiger partial charge in [-0.05, 0) is 18.6 Å². The molecule has 2 rings (SSSR count). The molecule has 1 aromatic carbocycles. The van der Waals surface area contributed by atoms with Crippen molar-refractivity contribution in [3.8, 4) is 0 Å². The van der Waals surface area contributed by atoms with E-state index in [0.717, 1.165) is 18.8 Å². The molecule has 0 saturated heterocycles. The number of aryl methyl sites for hydroxylation is 1. The average Bonchev–Trinajstić information content (AvgIpc) is 3.03. The smallest absolute Gasteiger partial charge is 0.191 e. The van der Waals surface area contributed by atoms with Gasteiger partial charge in [0, 0.05) is 43.7 Å². The van der Waals surface area contributed by atoms with Gasteiger partial charge in [0.15, 0.2) is 5.96 Å². The van der Waals surface area contributed by atoms with Crippen LogP contribution in [-0.4, -0.2) is 40.9 Å². The van der Waals surface area contributed by atoms with Gasteiger partial charge in [-0.25, -0.2) is 4.39 Å². The summed E-state index contributed by atoms with van der Waals surface area (Å²) in [6, 6.07) is 4.71. The molecule has 0 aliphatic rings. The molecule has 0 spiro atoms. The fraction of sp³-hybridized carbons (Fsp3) is 0.438. The summed E-state index contributed by atoms with van der Waals surface area (Å²) in [6.07, 6.45) is 3.05. The molecule has 0 amide bonds. The number of guanidine groups is 1. The molecule has 0 aliphatic heterocycles. The Hall–Kier alpha value is -2.15. The highest BCUT2D eigenvalue weighted by molar-refractivity contribution is 6.31. The SMILES string of the molecule is CCc1nncn1CCNC(=NC)NCCc1c(F)cccc1Cl. The fourth-order valence-electron chi connectivity index (χ4n) is 2.33. The number of benzene rings is 1. The Morgan fingerprint density at radius 3 is 2.83 bits per heavy atom. The van der Waals surface area contributed by atoms with Crippen LogP contribution in [0.25, 0.3) is 0 Å². The number of nitrogens with zero attached hydrogens (tertiary/aromatic N) is 4. The second-order valence-corrected chi connectivity index (χ2v) is 5.58. The lowest BCUT2D eigenvalue weighted by Gasteiger charge is -2.13. The fourth-order valence-corrected chi connectivity index (χ4v) is 2.59. The highest BCUT2D eigenvalue weighted by Gasteiger charge is 2.07. The van der Waals surface area contributed by atoms with E-state index in [-0.39, 0.29) is 5.82 Å². The van der Waals surface area contributed by atoms with Crippen LogP contribution >= 0.6 is 11.6 Å². The Kier molecular flexibility index (Phi) is 6.99. The highest BCUT2D eigenvalue weighted by atomic mass is 35.5. The molecule has 0 saturated carbocycles. The zero-order valence-electron chi connectivity index (χ0n) is 13.9. The predicted octanol–water partition coefficient (Wildman–Crippen LogP) is 2.04. The Morgan fingerprint density at radius 2 is 2.12 bits per heavy atom. The number of hydrogen-bond donors (Lipinski definition) is 2. The van der Waals surface area contributed by atoms with E-state index in [1.165, 1.54) is 6.07 Å². The minimum atomic E-state index is -0.285. The second-order valence-electron chi connectivity index (χ2n) is 5.17. The maximum atomic E-state index is 13.7. The van der Waals surface area contributed by atoms with Gasteiger partial charge in [-0.2, -0.15) is 0 Å². The minimum absolute atomic E-state index is 0.285. The average molecular weight is 353 g/mol. The van der Waals surface area contributed by atoms with Gasteiger partial charge < -0.3 is 15.2 Å². The van der Waals surface area contributed by atoms with Crippen LogP contribution in [0.2, 0.25) is 5.02 Å². The van der Waals surface area contributed by atoms with Gasteiger partial charge in [-0.15, -0.1) is 10.2 Å². The molecule has 1 aromatic heterocycles. The van der Waals surface area contributed by atoms with Crippen molar-refractivity contribution >= 4 is 17.6 Å². The van der Waals surface area contributed by atoms with Crippen LogP contribution in [0.4, 0.5) is 4.39 Å². The zero-order chi connectivity index (χ0) is 17.4. The minimum Gasteiger partial charge on any atom is -0.356 e. The predicted molar refractivity (Wildman–Crippen MR) is 93.9 cm³/mol. The van der Waals surface area contributed by atoms with Crippen molar-refractivity contribution in [2.24, 2.45) is 4.99 Å². The number of rotatable bonds is 7.